The lowest BCUT2D eigenvalue weighted by Crippen LogP contribution is -2.33. The summed E-state index contributed by atoms with van der Waals surface area (Å²) < 4.78 is 71.6. The fourth-order valence-corrected chi connectivity index (χ4v) is 4.71. The van der Waals surface area contributed by atoms with Crippen molar-refractivity contribution in [3.63, 3.8) is 0 Å². The number of nitrogens with one attached hydrogen (secondary N) is 1. The average Bonchev–Trinajstić information content (AvgIpc) is 3.50. The molecule has 12 heteroatoms. The maximum Gasteiger partial charge on any atom is 0.198 e. The molecule has 3 heterocycles. The van der Waals surface area contributed by atoms with Gasteiger partial charge in [0.1, 0.15) is 30.1 Å². The van der Waals surface area contributed by atoms with Crippen molar-refractivity contribution in [2.75, 3.05) is 25.6 Å². The summed E-state index contributed by atoms with van der Waals surface area (Å²) in [6, 6.07) is 11.6. The lowest BCUT2D eigenvalue weighted by Gasteiger charge is -2.20. The number of rotatable bonds is 7. The van der Waals surface area contributed by atoms with E-state index >= 15 is 0 Å². The summed E-state index contributed by atoms with van der Waals surface area (Å²) in [5, 5.41) is 3.90. The van der Waals surface area contributed by atoms with Crippen LogP contribution in [0, 0.1) is 11.6 Å². The first-order valence-corrected chi connectivity index (χ1v) is 12.3. The topological polar surface area (TPSA) is 84.0 Å². The van der Waals surface area contributed by atoms with Gasteiger partial charge in [0.2, 0.25) is 0 Å². The standard InChI is InChI=1S/C27H21ClF3N3O5/c1-35-21-8-16-20(9-22(21)39-23-11-37-25-19(31)10-36-26(23)25)32-12-33-27(16)34-14-6-17(29)24(18(30)7-14)38-15-4-2-13(28)3-5-15/h2-9,12,19,23,25-26H,10-11H2,1H3,(H,32,33,34)/t19-,23?,25+,26+/m1/s1. The van der Waals surface area contributed by atoms with Gasteiger partial charge in [-0.1, -0.05) is 11.6 Å². The molecule has 1 N–H and O–H groups in total. The van der Waals surface area contributed by atoms with E-state index in [9.17, 15) is 13.2 Å². The van der Waals surface area contributed by atoms with E-state index in [-0.39, 0.29) is 30.5 Å². The van der Waals surface area contributed by atoms with Crippen molar-refractivity contribution in [3.05, 3.63) is 71.5 Å². The number of ether oxygens (including phenoxy) is 5. The largest absolute Gasteiger partial charge is 0.493 e. The molecule has 0 saturated carbocycles. The van der Waals surface area contributed by atoms with Gasteiger partial charge in [-0.05, 0) is 30.3 Å². The number of halogens is 4. The molecule has 2 aliphatic rings. The molecule has 202 valence electrons. The Bertz CT molecular complexity index is 1500. The normalized spacial score (nSPS) is 22.1. The predicted octanol–water partition coefficient (Wildman–Crippen LogP) is 5.99. The van der Waals surface area contributed by atoms with Crippen LogP contribution in [0.3, 0.4) is 0 Å². The van der Waals surface area contributed by atoms with Gasteiger partial charge in [-0.2, -0.15) is 0 Å². The second kappa shape index (κ2) is 10.4. The molecule has 0 spiro atoms. The molecule has 0 bridgehead atoms. The van der Waals surface area contributed by atoms with E-state index in [1.54, 1.807) is 24.3 Å². The molecule has 1 unspecified atom stereocenters. The molecule has 39 heavy (non-hydrogen) atoms. The Labute approximate surface area is 225 Å². The van der Waals surface area contributed by atoms with E-state index in [1.807, 2.05) is 0 Å². The Morgan fingerprint density at radius 2 is 1.69 bits per heavy atom. The monoisotopic (exact) mass is 559 g/mol. The highest BCUT2D eigenvalue weighted by molar-refractivity contribution is 6.30. The number of alkyl halides is 1. The molecule has 4 atom stereocenters. The molecule has 0 radical (unpaired) electrons. The van der Waals surface area contributed by atoms with Crippen molar-refractivity contribution < 1.29 is 36.9 Å². The lowest BCUT2D eigenvalue weighted by atomic mass is 10.1. The van der Waals surface area contributed by atoms with Crippen LogP contribution in [0.15, 0.2) is 54.9 Å². The highest BCUT2D eigenvalue weighted by Gasteiger charge is 2.49. The van der Waals surface area contributed by atoms with Crippen LogP contribution in [0.1, 0.15) is 0 Å². The second-order valence-corrected chi connectivity index (χ2v) is 9.40. The third-order valence-corrected chi connectivity index (χ3v) is 6.69. The van der Waals surface area contributed by atoms with Crippen LogP contribution in [0.25, 0.3) is 10.9 Å². The molecule has 2 saturated heterocycles. The van der Waals surface area contributed by atoms with Gasteiger partial charge >= 0.3 is 0 Å². The molecule has 4 aromatic rings. The first-order valence-electron chi connectivity index (χ1n) is 12.0. The highest BCUT2D eigenvalue weighted by atomic mass is 35.5. The number of methoxy groups -OCH3 is 1. The van der Waals surface area contributed by atoms with Crippen molar-refractivity contribution in [1.82, 2.24) is 9.97 Å². The van der Waals surface area contributed by atoms with Gasteiger partial charge < -0.3 is 29.0 Å². The molecule has 0 aliphatic carbocycles. The minimum Gasteiger partial charge on any atom is -0.493 e. The molecule has 2 fully saturated rings. The van der Waals surface area contributed by atoms with E-state index in [4.69, 9.17) is 35.3 Å². The smallest absolute Gasteiger partial charge is 0.198 e. The Balaban J connectivity index is 1.26. The van der Waals surface area contributed by atoms with Crippen molar-refractivity contribution in [1.29, 1.82) is 0 Å². The number of fused-ring (bicyclic) bond motifs is 2. The Morgan fingerprint density at radius 3 is 2.44 bits per heavy atom. The van der Waals surface area contributed by atoms with Crippen LogP contribution in [0.2, 0.25) is 5.02 Å². The van der Waals surface area contributed by atoms with E-state index in [2.05, 4.69) is 15.3 Å². The van der Waals surface area contributed by atoms with Crippen LogP contribution in [-0.4, -0.2) is 54.8 Å². The number of anilines is 2. The summed E-state index contributed by atoms with van der Waals surface area (Å²) in [5.41, 5.74) is 0.569. The Morgan fingerprint density at radius 1 is 0.949 bits per heavy atom. The minimum absolute atomic E-state index is 0.0400. The Kier molecular flexibility index (Phi) is 6.79. The predicted molar refractivity (Wildman–Crippen MR) is 136 cm³/mol. The summed E-state index contributed by atoms with van der Waals surface area (Å²) in [5.74, 6) is -1.17. The first kappa shape index (κ1) is 25.5. The number of aromatic nitrogens is 2. The van der Waals surface area contributed by atoms with Gasteiger partial charge in [0, 0.05) is 34.3 Å². The number of benzene rings is 3. The zero-order valence-electron chi connectivity index (χ0n) is 20.4. The van der Waals surface area contributed by atoms with E-state index in [1.165, 1.54) is 25.6 Å². The van der Waals surface area contributed by atoms with Crippen molar-refractivity contribution in [3.8, 4) is 23.0 Å². The van der Waals surface area contributed by atoms with Crippen molar-refractivity contribution >= 4 is 34.0 Å². The fourth-order valence-electron chi connectivity index (χ4n) is 4.58. The molecule has 6 rings (SSSR count). The quantitative estimate of drug-likeness (QED) is 0.296. The van der Waals surface area contributed by atoms with E-state index < -0.39 is 41.9 Å². The molecule has 1 aromatic heterocycles. The summed E-state index contributed by atoms with van der Waals surface area (Å²) in [4.78, 5) is 8.52. The SMILES string of the molecule is COc1cc2c(Nc3cc(F)c(Oc4ccc(Cl)cc4)c(F)c3)ncnc2cc1OC1CO[C@H]2[C@H](F)CO[C@@H]12. The summed E-state index contributed by atoms with van der Waals surface area (Å²) in [7, 11) is 1.46. The van der Waals surface area contributed by atoms with Gasteiger partial charge in [0.05, 0.1) is 25.8 Å². The molecule has 0 amide bonds. The molecule has 2 aliphatic heterocycles. The summed E-state index contributed by atoms with van der Waals surface area (Å²) in [6.45, 7) is 0.129. The molecule has 8 nitrogen and oxygen atoms in total. The average molecular weight is 560 g/mol. The van der Waals surface area contributed by atoms with Gasteiger partial charge in [0.25, 0.3) is 0 Å². The Hall–Kier alpha value is -3.80. The van der Waals surface area contributed by atoms with Crippen LogP contribution in [-0.2, 0) is 9.47 Å². The zero-order chi connectivity index (χ0) is 27.1. The highest BCUT2D eigenvalue weighted by Crippen LogP contribution is 2.39. The number of nitrogens with zero attached hydrogens (tertiary/aromatic N) is 2. The first-order chi connectivity index (χ1) is 18.9. The fraction of sp³-hybridized carbons (Fsp3) is 0.259. The van der Waals surface area contributed by atoms with Crippen LogP contribution in [0.5, 0.6) is 23.0 Å². The van der Waals surface area contributed by atoms with E-state index in [0.717, 1.165) is 12.1 Å². The minimum atomic E-state index is -1.20. The lowest BCUT2D eigenvalue weighted by molar-refractivity contribution is 0.0271. The van der Waals surface area contributed by atoms with Gasteiger partial charge in [0.15, 0.2) is 41.2 Å². The van der Waals surface area contributed by atoms with Crippen LogP contribution in [0.4, 0.5) is 24.7 Å². The van der Waals surface area contributed by atoms with Crippen molar-refractivity contribution in [2.24, 2.45) is 0 Å². The molecular weight excluding hydrogens is 539 g/mol. The van der Waals surface area contributed by atoms with Gasteiger partial charge in [-0.3, -0.25) is 0 Å². The third-order valence-electron chi connectivity index (χ3n) is 6.44. The maximum absolute atomic E-state index is 14.8. The number of hydrogen-bond donors (Lipinski definition) is 1. The maximum atomic E-state index is 14.8. The van der Waals surface area contributed by atoms with Gasteiger partial charge in [-0.15, -0.1) is 0 Å². The van der Waals surface area contributed by atoms with Gasteiger partial charge in [-0.25, -0.2) is 23.1 Å². The third kappa shape index (κ3) is 5.00. The van der Waals surface area contributed by atoms with Crippen molar-refractivity contribution in [2.45, 2.75) is 24.5 Å². The van der Waals surface area contributed by atoms with Crippen LogP contribution >= 0.6 is 11.6 Å². The molecular formula is C27H21ClF3N3O5. The summed E-state index contributed by atoms with van der Waals surface area (Å²) >= 11 is 5.85. The summed E-state index contributed by atoms with van der Waals surface area (Å²) in [6.07, 6.45) is -1.62. The second-order valence-electron chi connectivity index (χ2n) is 8.96. The van der Waals surface area contributed by atoms with E-state index in [0.29, 0.717) is 27.4 Å². The van der Waals surface area contributed by atoms with Crippen LogP contribution < -0.4 is 19.5 Å². The number of hydrogen-bond acceptors (Lipinski definition) is 8. The molecule has 3 aromatic carbocycles. The zero-order valence-corrected chi connectivity index (χ0v) is 21.1.